The van der Waals surface area contributed by atoms with E-state index in [9.17, 15) is 4.79 Å². The molecule has 0 aromatic rings. The van der Waals surface area contributed by atoms with Crippen LogP contribution in [0.25, 0.3) is 0 Å². The van der Waals surface area contributed by atoms with Crippen LogP contribution < -0.4 is 0 Å². The fraction of sp³-hybridized carbons (Fsp3) is 0.828. The van der Waals surface area contributed by atoms with Crippen molar-refractivity contribution in [1.29, 1.82) is 0 Å². The number of hydrogen-bond donors (Lipinski definition) is 1. The van der Waals surface area contributed by atoms with Gasteiger partial charge in [-0.05, 0) is 31.1 Å². The molecule has 2 heteroatoms. The highest BCUT2D eigenvalue weighted by molar-refractivity contribution is 5.66. The highest BCUT2D eigenvalue weighted by Crippen LogP contribution is 2.12. The summed E-state index contributed by atoms with van der Waals surface area (Å²) in [7, 11) is 0. The van der Waals surface area contributed by atoms with Crippen molar-refractivity contribution in [1.82, 2.24) is 0 Å². The SMILES string of the molecule is CCCCCCCCCCCCCCC#CC#CCCCCCCCCCCC(=O)O. The Morgan fingerprint density at radius 1 is 0.516 bits per heavy atom. The normalized spacial score (nSPS) is 10.2. The summed E-state index contributed by atoms with van der Waals surface area (Å²) in [6, 6.07) is 0. The van der Waals surface area contributed by atoms with E-state index in [1.54, 1.807) is 0 Å². The number of carboxylic acids is 1. The summed E-state index contributed by atoms with van der Waals surface area (Å²) in [5, 5.41) is 8.58. The molecule has 0 aromatic carbocycles. The van der Waals surface area contributed by atoms with Crippen LogP contribution in [0.5, 0.6) is 0 Å². The molecule has 0 saturated carbocycles. The van der Waals surface area contributed by atoms with Crippen LogP contribution in [0.1, 0.15) is 155 Å². The molecule has 178 valence electrons. The fourth-order valence-electron chi connectivity index (χ4n) is 3.82. The highest BCUT2D eigenvalue weighted by Gasteiger charge is 1.96. The second-order valence-electron chi connectivity index (χ2n) is 8.96. The maximum atomic E-state index is 10.4. The van der Waals surface area contributed by atoms with E-state index in [1.807, 2.05) is 0 Å². The molecule has 0 radical (unpaired) electrons. The van der Waals surface area contributed by atoms with Crippen molar-refractivity contribution in [3.63, 3.8) is 0 Å². The lowest BCUT2D eigenvalue weighted by molar-refractivity contribution is -0.137. The van der Waals surface area contributed by atoms with E-state index in [0.717, 1.165) is 25.7 Å². The third-order valence-corrected chi connectivity index (χ3v) is 5.84. The Labute approximate surface area is 194 Å². The monoisotopic (exact) mass is 430 g/mol. The van der Waals surface area contributed by atoms with Gasteiger partial charge in [-0.3, -0.25) is 4.79 Å². The van der Waals surface area contributed by atoms with E-state index in [0.29, 0.717) is 6.42 Å². The van der Waals surface area contributed by atoms with Crippen molar-refractivity contribution in [3.05, 3.63) is 0 Å². The van der Waals surface area contributed by atoms with E-state index < -0.39 is 5.97 Å². The van der Waals surface area contributed by atoms with Crippen LogP contribution in [0.2, 0.25) is 0 Å². The molecule has 0 aliphatic rings. The van der Waals surface area contributed by atoms with Crippen molar-refractivity contribution in [2.24, 2.45) is 0 Å². The largest absolute Gasteiger partial charge is 0.481 e. The molecule has 0 heterocycles. The molecule has 0 saturated heterocycles. The number of hydrogen-bond acceptors (Lipinski definition) is 1. The van der Waals surface area contributed by atoms with Gasteiger partial charge in [0.05, 0.1) is 0 Å². The van der Waals surface area contributed by atoms with Crippen LogP contribution in [-0.4, -0.2) is 11.1 Å². The lowest BCUT2D eigenvalue weighted by atomic mass is 10.0. The molecular formula is C29H50O2. The summed E-state index contributed by atoms with van der Waals surface area (Å²) >= 11 is 0. The van der Waals surface area contributed by atoms with Gasteiger partial charge < -0.3 is 5.11 Å². The molecule has 0 atom stereocenters. The Hall–Kier alpha value is -1.41. The van der Waals surface area contributed by atoms with Gasteiger partial charge in [0.2, 0.25) is 0 Å². The molecule has 0 rings (SSSR count). The van der Waals surface area contributed by atoms with Crippen LogP contribution in [0.3, 0.4) is 0 Å². The van der Waals surface area contributed by atoms with Crippen molar-refractivity contribution >= 4 is 5.97 Å². The molecule has 0 fully saturated rings. The van der Waals surface area contributed by atoms with Crippen LogP contribution in [0, 0.1) is 23.7 Å². The van der Waals surface area contributed by atoms with Gasteiger partial charge >= 0.3 is 5.97 Å². The van der Waals surface area contributed by atoms with Gasteiger partial charge in [0.25, 0.3) is 0 Å². The smallest absolute Gasteiger partial charge is 0.303 e. The summed E-state index contributed by atoms with van der Waals surface area (Å²) in [6.45, 7) is 2.28. The average Bonchev–Trinajstić information content (AvgIpc) is 2.76. The van der Waals surface area contributed by atoms with Crippen molar-refractivity contribution in [2.75, 3.05) is 0 Å². The van der Waals surface area contributed by atoms with Crippen LogP contribution in [-0.2, 0) is 4.79 Å². The van der Waals surface area contributed by atoms with Crippen LogP contribution in [0.15, 0.2) is 0 Å². The second kappa shape index (κ2) is 26.6. The molecule has 0 unspecified atom stereocenters. The predicted octanol–water partition coefficient (Wildman–Crippen LogP) is 9.07. The van der Waals surface area contributed by atoms with E-state index >= 15 is 0 Å². The first-order chi connectivity index (χ1) is 15.3. The lowest BCUT2D eigenvalue weighted by Gasteiger charge is -2.01. The standard InChI is InChI=1S/C29H50O2/c1-2-3-4-5-6-7-8-9-10-11-12-13-14-15-16-17-18-19-20-21-22-23-24-25-26-27-28-29(30)31/h2-14,19-28H2,1H3,(H,30,31). The van der Waals surface area contributed by atoms with Crippen molar-refractivity contribution in [2.45, 2.75) is 155 Å². The predicted molar refractivity (Wildman–Crippen MR) is 135 cm³/mol. The molecule has 0 bridgehead atoms. The molecule has 0 amide bonds. The Bertz CT molecular complexity index is 500. The van der Waals surface area contributed by atoms with Gasteiger partial charge in [-0.2, -0.15) is 0 Å². The summed E-state index contributed by atoms with van der Waals surface area (Å²) in [5.74, 6) is 11.7. The van der Waals surface area contributed by atoms with Gasteiger partial charge in [-0.1, -0.05) is 128 Å². The number of unbranched alkanes of at least 4 members (excludes halogenated alkanes) is 20. The van der Waals surface area contributed by atoms with Gasteiger partial charge in [0, 0.05) is 19.3 Å². The molecule has 31 heavy (non-hydrogen) atoms. The average molecular weight is 431 g/mol. The maximum Gasteiger partial charge on any atom is 0.303 e. The molecule has 0 aliphatic heterocycles. The fourth-order valence-corrected chi connectivity index (χ4v) is 3.82. The number of rotatable bonds is 22. The molecule has 2 nitrogen and oxygen atoms in total. The highest BCUT2D eigenvalue weighted by atomic mass is 16.4. The number of carboxylic acid groups (broad SMARTS) is 1. The lowest BCUT2D eigenvalue weighted by Crippen LogP contribution is -1.93. The zero-order valence-electron chi connectivity index (χ0n) is 20.6. The zero-order valence-corrected chi connectivity index (χ0v) is 20.6. The number of aliphatic carboxylic acids is 1. The first-order valence-corrected chi connectivity index (χ1v) is 13.4. The molecule has 1 N–H and O–H groups in total. The van der Waals surface area contributed by atoms with Gasteiger partial charge in [-0.25, -0.2) is 0 Å². The molecule has 0 aliphatic carbocycles. The van der Waals surface area contributed by atoms with E-state index in [1.165, 1.54) is 116 Å². The third kappa shape index (κ3) is 28.6. The third-order valence-electron chi connectivity index (χ3n) is 5.84. The van der Waals surface area contributed by atoms with Crippen LogP contribution in [0.4, 0.5) is 0 Å². The minimum absolute atomic E-state index is 0.320. The maximum absolute atomic E-state index is 10.4. The molecular weight excluding hydrogens is 380 g/mol. The Morgan fingerprint density at radius 3 is 1.19 bits per heavy atom. The van der Waals surface area contributed by atoms with Crippen molar-refractivity contribution in [3.8, 4) is 23.7 Å². The topological polar surface area (TPSA) is 37.3 Å². The summed E-state index contributed by atoms with van der Waals surface area (Å²) < 4.78 is 0. The van der Waals surface area contributed by atoms with E-state index in [-0.39, 0.29) is 0 Å². The summed E-state index contributed by atoms with van der Waals surface area (Å²) in [4.78, 5) is 10.4. The minimum atomic E-state index is -0.671. The van der Waals surface area contributed by atoms with Gasteiger partial charge in [-0.15, -0.1) is 0 Å². The summed E-state index contributed by atoms with van der Waals surface area (Å²) in [5.41, 5.74) is 0. The van der Waals surface area contributed by atoms with Gasteiger partial charge in [0.15, 0.2) is 0 Å². The molecule has 0 aromatic heterocycles. The van der Waals surface area contributed by atoms with E-state index in [2.05, 4.69) is 30.6 Å². The van der Waals surface area contributed by atoms with Crippen molar-refractivity contribution < 1.29 is 9.90 Å². The molecule has 0 spiro atoms. The van der Waals surface area contributed by atoms with Crippen LogP contribution >= 0.6 is 0 Å². The Morgan fingerprint density at radius 2 is 0.839 bits per heavy atom. The minimum Gasteiger partial charge on any atom is -0.481 e. The van der Waals surface area contributed by atoms with Gasteiger partial charge in [0.1, 0.15) is 0 Å². The summed E-state index contributed by atoms with van der Waals surface area (Å²) in [6.07, 6.45) is 28.2. The first-order valence-electron chi connectivity index (χ1n) is 13.4. The zero-order chi connectivity index (χ0) is 22.7. The quantitative estimate of drug-likeness (QED) is 0.137. The van der Waals surface area contributed by atoms with E-state index in [4.69, 9.17) is 5.11 Å². The first kappa shape index (κ1) is 29.6. The second-order valence-corrected chi connectivity index (χ2v) is 8.96. The Balaban J connectivity index is 3.23. The number of carbonyl (C=O) groups is 1. The Kier molecular flexibility index (Phi) is 25.4.